The molecular weight excluding hydrogens is 379 g/mol. The molecule has 2 rings (SSSR count). The van der Waals surface area contributed by atoms with Crippen molar-refractivity contribution in [2.45, 2.75) is 6.61 Å². The molecule has 0 fully saturated rings. The highest BCUT2D eigenvalue weighted by Crippen LogP contribution is 2.37. The SMILES string of the molecule is COC(=O)/C=C/c1cc(Br)c(OCc2cccc(F)c2)c(OC)c1. The first kappa shape index (κ1) is 18.0. The van der Waals surface area contributed by atoms with Gasteiger partial charge in [-0.2, -0.15) is 0 Å². The Kier molecular flexibility index (Phi) is 6.37. The van der Waals surface area contributed by atoms with Crippen molar-refractivity contribution in [3.8, 4) is 11.5 Å². The van der Waals surface area contributed by atoms with Crippen LogP contribution in [0.15, 0.2) is 46.9 Å². The van der Waals surface area contributed by atoms with Gasteiger partial charge in [-0.3, -0.25) is 0 Å². The molecule has 0 saturated heterocycles. The summed E-state index contributed by atoms with van der Waals surface area (Å²) in [5.74, 6) is 0.226. The van der Waals surface area contributed by atoms with Crippen molar-refractivity contribution in [1.29, 1.82) is 0 Å². The van der Waals surface area contributed by atoms with Crippen LogP contribution in [0.25, 0.3) is 6.08 Å². The molecule has 4 nitrogen and oxygen atoms in total. The highest BCUT2D eigenvalue weighted by Gasteiger charge is 2.11. The van der Waals surface area contributed by atoms with Gasteiger partial charge < -0.3 is 14.2 Å². The first-order valence-electron chi connectivity index (χ1n) is 7.04. The van der Waals surface area contributed by atoms with E-state index in [1.54, 1.807) is 30.3 Å². The number of methoxy groups -OCH3 is 2. The van der Waals surface area contributed by atoms with Crippen LogP contribution in [0.1, 0.15) is 11.1 Å². The summed E-state index contributed by atoms with van der Waals surface area (Å²) in [6, 6.07) is 9.70. The summed E-state index contributed by atoms with van der Waals surface area (Å²) in [5.41, 5.74) is 1.45. The highest BCUT2D eigenvalue weighted by atomic mass is 79.9. The monoisotopic (exact) mass is 394 g/mol. The lowest BCUT2D eigenvalue weighted by Gasteiger charge is -2.13. The van der Waals surface area contributed by atoms with Gasteiger partial charge in [0.2, 0.25) is 0 Å². The fraction of sp³-hybridized carbons (Fsp3) is 0.167. The van der Waals surface area contributed by atoms with Crippen molar-refractivity contribution in [3.05, 3.63) is 63.9 Å². The zero-order valence-electron chi connectivity index (χ0n) is 13.2. The lowest BCUT2D eigenvalue weighted by atomic mass is 10.2. The molecule has 0 aliphatic rings. The van der Waals surface area contributed by atoms with E-state index in [2.05, 4.69) is 20.7 Å². The van der Waals surface area contributed by atoms with Crippen LogP contribution in [0.2, 0.25) is 0 Å². The number of carbonyl (C=O) groups excluding carboxylic acids is 1. The van der Waals surface area contributed by atoms with E-state index < -0.39 is 5.97 Å². The number of benzene rings is 2. The minimum Gasteiger partial charge on any atom is -0.493 e. The second-order valence-corrected chi connectivity index (χ2v) is 5.66. The van der Waals surface area contributed by atoms with Gasteiger partial charge in [-0.25, -0.2) is 9.18 Å². The van der Waals surface area contributed by atoms with Gasteiger partial charge in [0.05, 0.1) is 18.7 Å². The van der Waals surface area contributed by atoms with Crippen LogP contribution in [-0.4, -0.2) is 20.2 Å². The zero-order chi connectivity index (χ0) is 17.5. The van der Waals surface area contributed by atoms with E-state index in [1.165, 1.54) is 32.4 Å². The number of hydrogen-bond acceptors (Lipinski definition) is 4. The number of rotatable bonds is 6. The fourth-order valence-corrected chi connectivity index (χ4v) is 2.56. The maximum atomic E-state index is 13.2. The molecule has 2 aromatic carbocycles. The average molecular weight is 395 g/mol. The highest BCUT2D eigenvalue weighted by molar-refractivity contribution is 9.10. The fourth-order valence-electron chi connectivity index (χ4n) is 1.99. The van der Waals surface area contributed by atoms with Crippen LogP contribution in [0, 0.1) is 5.82 Å². The molecule has 2 aromatic rings. The minimum absolute atomic E-state index is 0.198. The maximum absolute atomic E-state index is 13.2. The topological polar surface area (TPSA) is 44.8 Å². The van der Waals surface area contributed by atoms with Gasteiger partial charge in [-0.15, -0.1) is 0 Å². The van der Waals surface area contributed by atoms with E-state index in [0.29, 0.717) is 21.5 Å². The molecule has 0 atom stereocenters. The van der Waals surface area contributed by atoms with Crippen molar-refractivity contribution >= 4 is 28.0 Å². The van der Waals surface area contributed by atoms with Crippen molar-refractivity contribution in [1.82, 2.24) is 0 Å². The number of carbonyl (C=O) groups is 1. The van der Waals surface area contributed by atoms with Crippen LogP contribution < -0.4 is 9.47 Å². The summed E-state index contributed by atoms with van der Waals surface area (Å²) in [6.07, 6.45) is 2.92. The van der Waals surface area contributed by atoms with Crippen LogP contribution in [0.4, 0.5) is 4.39 Å². The number of halogens is 2. The lowest BCUT2D eigenvalue weighted by Crippen LogP contribution is -1.99. The Morgan fingerprint density at radius 3 is 2.71 bits per heavy atom. The molecule has 0 aromatic heterocycles. The van der Waals surface area contributed by atoms with Crippen molar-refractivity contribution in [2.24, 2.45) is 0 Å². The molecule has 0 saturated carbocycles. The van der Waals surface area contributed by atoms with Crippen molar-refractivity contribution < 1.29 is 23.4 Å². The summed E-state index contributed by atoms with van der Waals surface area (Å²) >= 11 is 3.42. The Hall–Kier alpha value is -2.34. The average Bonchev–Trinajstić information content (AvgIpc) is 2.58. The molecule has 0 N–H and O–H groups in total. The molecule has 24 heavy (non-hydrogen) atoms. The molecule has 0 bridgehead atoms. The molecule has 6 heteroatoms. The Balaban J connectivity index is 2.20. The predicted molar refractivity (Wildman–Crippen MR) is 92.5 cm³/mol. The summed E-state index contributed by atoms with van der Waals surface area (Å²) in [7, 11) is 2.83. The quantitative estimate of drug-likeness (QED) is 0.539. The molecule has 0 spiro atoms. The molecule has 0 radical (unpaired) electrons. The molecule has 0 unspecified atom stereocenters. The summed E-state index contributed by atoms with van der Waals surface area (Å²) in [4.78, 5) is 11.2. The normalized spacial score (nSPS) is 10.7. The van der Waals surface area contributed by atoms with Crippen molar-refractivity contribution in [3.63, 3.8) is 0 Å². The molecule has 0 aliphatic heterocycles. The Morgan fingerprint density at radius 1 is 1.25 bits per heavy atom. The van der Waals surface area contributed by atoms with Crippen LogP contribution in [-0.2, 0) is 16.1 Å². The standard InChI is InChI=1S/C18H16BrFO4/c1-22-16-10-12(6-7-17(21)23-2)9-15(19)18(16)24-11-13-4-3-5-14(20)8-13/h3-10H,11H2,1-2H3/b7-6+. The third-order valence-electron chi connectivity index (χ3n) is 3.14. The number of hydrogen-bond donors (Lipinski definition) is 0. The van der Waals surface area contributed by atoms with Gasteiger partial charge in [0.25, 0.3) is 0 Å². The summed E-state index contributed by atoms with van der Waals surface area (Å²) < 4.78 is 29.5. The second-order valence-electron chi connectivity index (χ2n) is 4.81. The van der Waals surface area contributed by atoms with Crippen molar-refractivity contribution in [2.75, 3.05) is 14.2 Å². The molecule has 0 heterocycles. The van der Waals surface area contributed by atoms with Gasteiger partial charge >= 0.3 is 5.97 Å². The van der Waals surface area contributed by atoms with Gasteiger partial charge in [0, 0.05) is 6.08 Å². The largest absolute Gasteiger partial charge is 0.493 e. The molecular formula is C18H16BrFO4. The smallest absolute Gasteiger partial charge is 0.330 e. The van der Waals surface area contributed by atoms with Gasteiger partial charge in [0.15, 0.2) is 11.5 Å². The number of ether oxygens (including phenoxy) is 3. The summed E-state index contributed by atoms with van der Waals surface area (Å²) in [5, 5.41) is 0. The van der Waals surface area contributed by atoms with Gasteiger partial charge in [-0.1, -0.05) is 12.1 Å². The lowest BCUT2D eigenvalue weighted by molar-refractivity contribution is -0.134. The van der Waals surface area contributed by atoms with Crippen LogP contribution in [0.3, 0.4) is 0 Å². The van der Waals surface area contributed by atoms with E-state index >= 15 is 0 Å². The van der Waals surface area contributed by atoms with E-state index in [0.717, 1.165) is 5.56 Å². The third-order valence-corrected chi connectivity index (χ3v) is 3.73. The Morgan fingerprint density at radius 2 is 2.04 bits per heavy atom. The zero-order valence-corrected chi connectivity index (χ0v) is 14.8. The molecule has 0 amide bonds. The maximum Gasteiger partial charge on any atom is 0.330 e. The van der Waals surface area contributed by atoms with E-state index in [-0.39, 0.29) is 12.4 Å². The third kappa shape index (κ3) is 4.83. The molecule has 0 aliphatic carbocycles. The predicted octanol–water partition coefficient (Wildman–Crippen LogP) is 4.36. The second kappa shape index (κ2) is 8.49. The van der Waals surface area contributed by atoms with E-state index in [9.17, 15) is 9.18 Å². The van der Waals surface area contributed by atoms with E-state index in [1.807, 2.05) is 0 Å². The molecule has 126 valence electrons. The van der Waals surface area contributed by atoms with Crippen LogP contribution >= 0.6 is 15.9 Å². The Labute approximate surface area is 148 Å². The Bertz CT molecular complexity index is 759. The van der Waals surface area contributed by atoms with E-state index in [4.69, 9.17) is 9.47 Å². The minimum atomic E-state index is -0.448. The van der Waals surface area contributed by atoms with Gasteiger partial charge in [0.1, 0.15) is 12.4 Å². The van der Waals surface area contributed by atoms with Crippen LogP contribution in [0.5, 0.6) is 11.5 Å². The van der Waals surface area contributed by atoms with Gasteiger partial charge in [-0.05, 0) is 57.4 Å². The summed E-state index contributed by atoms with van der Waals surface area (Å²) in [6.45, 7) is 0.198. The number of esters is 1. The first-order valence-corrected chi connectivity index (χ1v) is 7.83. The first-order chi connectivity index (χ1) is 11.5.